The maximum Gasteiger partial charge on any atom is 0.190 e. The molecule has 0 saturated carbocycles. The van der Waals surface area contributed by atoms with Crippen LogP contribution in [0, 0.1) is 11.3 Å². The quantitative estimate of drug-likeness (QED) is 0.683. The van der Waals surface area contributed by atoms with Crippen molar-refractivity contribution in [2.24, 2.45) is 0 Å². The van der Waals surface area contributed by atoms with Gasteiger partial charge >= 0.3 is 0 Å². The number of aromatic hydroxyl groups is 1. The van der Waals surface area contributed by atoms with Crippen molar-refractivity contribution in [2.45, 2.75) is 96.1 Å². The van der Waals surface area contributed by atoms with Gasteiger partial charge in [-0.05, 0) is 53.2 Å². The van der Waals surface area contributed by atoms with Crippen molar-refractivity contribution in [1.29, 1.82) is 5.26 Å². The maximum absolute atomic E-state index is 13.2. The molecule has 1 aliphatic rings. The second-order valence-corrected chi connectivity index (χ2v) is 12.4. The molecule has 1 aromatic rings. The van der Waals surface area contributed by atoms with E-state index in [-0.39, 0.29) is 23.0 Å². The van der Waals surface area contributed by atoms with Crippen molar-refractivity contribution in [2.75, 3.05) is 0 Å². The third-order valence-electron chi connectivity index (χ3n) is 5.59. The Bertz CT molecular complexity index is 887. The van der Waals surface area contributed by atoms with E-state index < -0.39 is 15.1 Å². The second kappa shape index (κ2) is 8.52. The van der Waals surface area contributed by atoms with Crippen LogP contribution in [0.4, 0.5) is 0 Å². The number of nitrogens with zero attached hydrogens (tertiary/aromatic N) is 1. The number of rotatable bonds is 4. The summed E-state index contributed by atoms with van der Waals surface area (Å²) in [5, 5.41) is 19.5. The normalized spacial score (nSPS) is 17.2. The minimum Gasteiger partial charge on any atom is -0.507 e. The first-order valence-corrected chi connectivity index (χ1v) is 12.0. The van der Waals surface area contributed by atoms with Gasteiger partial charge in [-0.2, -0.15) is 5.26 Å². The molecule has 0 fully saturated rings. The molecule has 0 spiro atoms. The highest BCUT2D eigenvalue weighted by molar-refractivity contribution is 7.96. The number of nitriles is 1. The van der Waals surface area contributed by atoms with E-state index in [1.54, 1.807) is 0 Å². The van der Waals surface area contributed by atoms with Gasteiger partial charge in [-0.15, -0.1) is 0 Å². The smallest absolute Gasteiger partial charge is 0.190 e. The zero-order valence-electron chi connectivity index (χ0n) is 18.7. The van der Waals surface area contributed by atoms with Gasteiger partial charge in [0.1, 0.15) is 5.75 Å². The molecule has 29 heavy (non-hydrogen) atoms. The lowest BCUT2D eigenvalue weighted by atomic mass is 9.78. The van der Waals surface area contributed by atoms with Crippen molar-refractivity contribution in [3.05, 3.63) is 39.8 Å². The molecular formula is C24H35NO3S. The summed E-state index contributed by atoms with van der Waals surface area (Å²) in [6.45, 7) is 12.1. The Hall–Kier alpha value is -1.80. The summed E-state index contributed by atoms with van der Waals surface area (Å²) in [5.41, 5.74) is 1.74. The van der Waals surface area contributed by atoms with Gasteiger partial charge in [0.2, 0.25) is 0 Å². The van der Waals surface area contributed by atoms with Crippen LogP contribution >= 0.6 is 0 Å². The van der Waals surface area contributed by atoms with E-state index in [4.69, 9.17) is 0 Å². The molecule has 1 aliphatic carbocycles. The summed E-state index contributed by atoms with van der Waals surface area (Å²) < 4.78 is 26.3. The van der Waals surface area contributed by atoms with E-state index in [0.717, 1.165) is 42.4 Å². The molecule has 1 aromatic carbocycles. The Balaban J connectivity index is 2.51. The highest BCUT2D eigenvalue weighted by Crippen LogP contribution is 2.40. The fourth-order valence-electron chi connectivity index (χ4n) is 3.82. The molecule has 1 N–H and O–H groups in total. The Morgan fingerprint density at radius 1 is 1.03 bits per heavy atom. The molecule has 0 radical (unpaired) electrons. The van der Waals surface area contributed by atoms with Crippen molar-refractivity contribution >= 4 is 9.84 Å². The number of benzene rings is 1. The van der Waals surface area contributed by atoms with Crippen molar-refractivity contribution in [1.82, 2.24) is 0 Å². The second-order valence-electron chi connectivity index (χ2n) is 10.2. The largest absolute Gasteiger partial charge is 0.507 e. The van der Waals surface area contributed by atoms with Crippen molar-refractivity contribution in [3.63, 3.8) is 0 Å². The summed E-state index contributed by atoms with van der Waals surface area (Å²) in [4.78, 5) is 0.424. The predicted molar refractivity (Wildman–Crippen MR) is 119 cm³/mol. The molecule has 2 rings (SSSR count). The minimum atomic E-state index is -3.66. The summed E-state index contributed by atoms with van der Waals surface area (Å²) in [5.74, 6) is 0.261. The molecule has 1 unspecified atom stereocenters. The average Bonchev–Trinajstić information content (AvgIpc) is 2.88. The number of phenolic OH excluding ortho intramolecular Hbond substituents is 1. The predicted octanol–water partition coefficient (Wildman–Crippen LogP) is 5.68. The lowest BCUT2D eigenvalue weighted by Crippen LogP contribution is -2.25. The molecule has 160 valence electrons. The summed E-state index contributed by atoms with van der Waals surface area (Å²) in [7, 11) is -3.66. The van der Waals surface area contributed by atoms with Crippen molar-refractivity contribution in [3.8, 4) is 11.8 Å². The van der Waals surface area contributed by atoms with Gasteiger partial charge in [0.05, 0.1) is 6.07 Å². The Kier molecular flexibility index (Phi) is 6.89. The van der Waals surface area contributed by atoms with Crippen LogP contribution in [-0.4, -0.2) is 18.8 Å². The van der Waals surface area contributed by atoms with Crippen LogP contribution in [0.25, 0.3) is 0 Å². The van der Waals surface area contributed by atoms with Gasteiger partial charge in [-0.1, -0.05) is 66.2 Å². The van der Waals surface area contributed by atoms with E-state index >= 15 is 0 Å². The van der Waals surface area contributed by atoms with Crippen LogP contribution in [0.2, 0.25) is 0 Å². The van der Waals surface area contributed by atoms with Crippen LogP contribution in [0.15, 0.2) is 23.1 Å². The van der Waals surface area contributed by atoms with Gasteiger partial charge in [0, 0.05) is 11.3 Å². The Morgan fingerprint density at radius 3 is 2.07 bits per heavy atom. The van der Waals surface area contributed by atoms with Crippen molar-refractivity contribution < 1.29 is 13.5 Å². The number of allylic oxidation sites excluding steroid dienone is 2. The molecule has 0 bridgehead atoms. The van der Waals surface area contributed by atoms with Crippen LogP contribution in [0.3, 0.4) is 0 Å². The molecule has 4 nitrogen and oxygen atoms in total. The zero-order chi connectivity index (χ0) is 22.0. The van der Waals surface area contributed by atoms with Gasteiger partial charge in [0.25, 0.3) is 0 Å². The highest BCUT2D eigenvalue weighted by Gasteiger charge is 2.32. The molecule has 0 amide bonds. The average molecular weight is 418 g/mol. The van der Waals surface area contributed by atoms with Gasteiger partial charge in [-0.25, -0.2) is 8.42 Å². The molecule has 1 atom stereocenters. The first-order valence-electron chi connectivity index (χ1n) is 10.5. The number of hydrogen-bond acceptors (Lipinski definition) is 4. The van der Waals surface area contributed by atoms with E-state index in [1.165, 1.54) is 0 Å². The fraction of sp³-hybridized carbons (Fsp3) is 0.625. The first-order chi connectivity index (χ1) is 13.3. The molecular weight excluding hydrogens is 382 g/mol. The van der Waals surface area contributed by atoms with Crippen LogP contribution in [0.1, 0.15) is 90.3 Å². The summed E-state index contributed by atoms with van der Waals surface area (Å²) >= 11 is 0. The van der Waals surface area contributed by atoms with E-state index in [9.17, 15) is 18.8 Å². The van der Waals surface area contributed by atoms with Gasteiger partial charge in [0.15, 0.2) is 15.1 Å². The SMILES string of the molecule is CC(C)(C)c1cc(CC(C#N)S(=O)(=O)C2=CCCCCC2)cc(C(C)(C)C)c1O. The Labute approximate surface area is 176 Å². The van der Waals surface area contributed by atoms with E-state index in [1.807, 2.05) is 65.8 Å². The summed E-state index contributed by atoms with van der Waals surface area (Å²) in [6, 6.07) is 5.78. The lowest BCUT2D eigenvalue weighted by molar-refractivity contribution is 0.422. The minimum absolute atomic E-state index is 0.128. The van der Waals surface area contributed by atoms with Crippen LogP contribution in [-0.2, 0) is 27.1 Å². The number of sulfone groups is 1. The number of phenols is 1. The molecule has 5 heteroatoms. The van der Waals surface area contributed by atoms with Crippen LogP contribution in [0.5, 0.6) is 5.75 Å². The summed E-state index contributed by atoms with van der Waals surface area (Å²) in [6.07, 6.45) is 6.09. The third-order valence-corrected chi connectivity index (χ3v) is 7.71. The molecule has 0 saturated heterocycles. The maximum atomic E-state index is 13.2. The topological polar surface area (TPSA) is 78.2 Å². The molecule has 0 heterocycles. The standard InChI is InChI=1S/C24H35NO3S/c1-23(2,3)20-14-17(15-21(22(20)26)24(4,5)6)13-19(16-25)29(27,28)18-11-9-7-8-10-12-18/h11,14-15,19,26H,7-10,12-13H2,1-6H3. The molecule has 0 aliphatic heterocycles. The lowest BCUT2D eigenvalue weighted by Gasteiger charge is -2.28. The van der Waals surface area contributed by atoms with Gasteiger partial charge in [-0.3, -0.25) is 0 Å². The fourth-order valence-corrected chi connectivity index (χ4v) is 5.52. The van der Waals surface area contributed by atoms with E-state index in [0.29, 0.717) is 11.3 Å². The number of hydrogen-bond donors (Lipinski definition) is 1. The monoisotopic (exact) mass is 417 g/mol. The third kappa shape index (κ3) is 5.42. The zero-order valence-corrected chi connectivity index (χ0v) is 19.5. The highest BCUT2D eigenvalue weighted by atomic mass is 32.2. The van der Waals surface area contributed by atoms with E-state index in [2.05, 4.69) is 0 Å². The first kappa shape index (κ1) is 23.5. The Morgan fingerprint density at radius 2 is 1.59 bits per heavy atom. The molecule has 0 aromatic heterocycles. The van der Waals surface area contributed by atoms with Crippen LogP contribution < -0.4 is 0 Å². The van der Waals surface area contributed by atoms with Gasteiger partial charge < -0.3 is 5.11 Å².